The first kappa shape index (κ1) is 21.0. The van der Waals surface area contributed by atoms with E-state index in [1.807, 2.05) is 78.9 Å². The fourth-order valence-electron chi connectivity index (χ4n) is 4.02. The predicted octanol–water partition coefficient (Wildman–Crippen LogP) is 5.37. The molecular weight excluding hydrogens is 430 g/mol. The van der Waals surface area contributed by atoms with Gasteiger partial charge in [-0.1, -0.05) is 54.6 Å². The van der Waals surface area contributed by atoms with E-state index in [1.54, 1.807) is 0 Å². The van der Waals surface area contributed by atoms with E-state index in [4.69, 9.17) is 17.0 Å². The van der Waals surface area contributed by atoms with E-state index < -0.39 is 0 Å². The summed E-state index contributed by atoms with van der Waals surface area (Å²) in [4.78, 5) is 14.6. The van der Waals surface area contributed by atoms with Gasteiger partial charge in [-0.05, 0) is 55.0 Å². The third kappa shape index (κ3) is 4.38. The summed E-state index contributed by atoms with van der Waals surface area (Å²) in [6.07, 6.45) is 4.84. The van der Waals surface area contributed by atoms with Crippen molar-refractivity contribution >= 4 is 45.9 Å². The van der Waals surface area contributed by atoms with E-state index in [1.165, 1.54) is 4.90 Å². The molecule has 0 radical (unpaired) electrons. The van der Waals surface area contributed by atoms with Crippen molar-refractivity contribution in [2.75, 3.05) is 11.5 Å². The number of ether oxygens (including phenoxy) is 1. The Balaban J connectivity index is 1.36. The van der Waals surface area contributed by atoms with Gasteiger partial charge in [0.1, 0.15) is 11.4 Å². The Morgan fingerprint density at radius 1 is 0.909 bits per heavy atom. The summed E-state index contributed by atoms with van der Waals surface area (Å²) in [5.74, 6) is 0.726. The number of carbonyl (C=O) groups excluding carboxylic acids is 1. The van der Waals surface area contributed by atoms with E-state index in [0.29, 0.717) is 17.4 Å². The van der Waals surface area contributed by atoms with Crippen LogP contribution in [0.4, 0.5) is 5.69 Å². The van der Waals surface area contributed by atoms with Gasteiger partial charge in [-0.25, -0.2) is 0 Å². The number of para-hydroxylation sites is 3. The summed E-state index contributed by atoms with van der Waals surface area (Å²) >= 11 is 5.44. The molecule has 0 aliphatic carbocycles. The molecule has 4 aromatic rings. The molecule has 5 rings (SSSR count). The highest BCUT2D eigenvalue weighted by Crippen LogP contribution is 2.27. The van der Waals surface area contributed by atoms with Crippen molar-refractivity contribution in [2.45, 2.75) is 13.0 Å². The van der Waals surface area contributed by atoms with Gasteiger partial charge in [-0.3, -0.25) is 9.69 Å². The molecule has 1 aliphatic heterocycles. The standard InChI is InChI=1S/C27H23N3O2S/c31-26-24(28-27(33)30(26)21-10-3-1-4-11-21)18-20-19-29(25-15-8-7-14-23(20)25)16-9-17-32-22-12-5-2-6-13-22/h1-8,10-15,18-19H,9,16-17H2,(H,28,33)/b24-18-. The number of nitrogens with one attached hydrogen (secondary N) is 1. The minimum atomic E-state index is -0.153. The molecule has 0 unspecified atom stereocenters. The van der Waals surface area contributed by atoms with Crippen LogP contribution in [0.2, 0.25) is 0 Å². The topological polar surface area (TPSA) is 46.5 Å². The minimum Gasteiger partial charge on any atom is -0.494 e. The second-order valence-corrected chi connectivity index (χ2v) is 8.16. The summed E-state index contributed by atoms with van der Waals surface area (Å²) in [7, 11) is 0. The molecule has 1 fully saturated rings. The quantitative estimate of drug-likeness (QED) is 0.232. The van der Waals surface area contributed by atoms with Gasteiger partial charge >= 0.3 is 0 Å². The molecule has 1 aliphatic rings. The Labute approximate surface area is 197 Å². The zero-order chi connectivity index (χ0) is 22.6. The van der Waals surface area contributed by atoms with Gasteiger partial charge in [0.05, 0.1) is 12.3 Å². The molecule has 1 N–H and O–H groups in total. The Morgan fingerprint density at radius 2 is 1.61 bits per heavy atom. The molecule has 2 heterocycles. The van der Waals surface area contributed by atoms with Gasteiger partial charge in [0.2, 0.25) is 0 Å². The van der Waals surface area contributed by atoms with Crippen molar-refractivity contribution in [3.8, 4) is 5.75 Å². The zero-order valence-electron chi connectivity index (χ0n) is 18.0. The average Bonchev–Trinajstić information content (AvgIpc) is 3.34. The van der Waals surface area contributed by atoms with Gasteiger partial charge in [0, 0.05) is 29.2 Å². The highest BCUT2D eigenvalue weighted by atomic mass is 32.1. The van der Waals surface area contributed by atoms with Gasteiger partial charge in [-0.15, -0.1) is 0 Å². The van der Waals surface area contributed by atoms with Crippen molar-refractivity contribution in [3.05, 3.63) is 102 Å². The second kappa shape index (κ2) is 9.30. The van der Waals surface area contributed by atoms with Crippen LogP contribution in [-0.4, -0.2) is 22.2 Å². The summed E-state index contributed by atoms with van der Waals surface area (Å²) < 4.78 is 8.05. The van der Waals surface area contributed by atoms with Crippen LogP contribution in [0.5, 0.6) is 5.75 Å². The number of rotatable bonds is 7. The minimum absolute atomic E-state index is 0.153. The Kier molecular flexibility index (Phi) is 5.91. The monoisotopic (exact) mass is 453 g/mol. The number of benzene rings is 3. The SMILES string of the molecule is O=C1/C(=C/c2cn(CCCOc3ccccc3)c3ccccc23)NC(=S)N1c1ccccc1. The molecule has 0 bridgehead atoms. The number of hydrogen-bond acceptors (Lipinski definition) is 3. The molecule has 0 saturated carbocycles. The molecule has 0 atom stereocenters. The van der Waals surface area contributed by atoms with Crippen molar-refractivity contribution < 1.29 is 9.53 Å². The molecule has 6 heteroatoms. The van der Waals surface area contributed by atoms with Gasteiger partial charge < -0.3 is 14.6 Å². The van der Waals surface area contributed by atoms with Gasteiger partial charge in [0.25, 0.3) is 5.91 Å². The van der Waals surface area contributed by atoms with E-state index in [2.05, 4.69) is 28.2 Å². The molecule has 1 aromatic heterocycles. The van der Waals surface area contributed by atoms with Crippen LogP contribution in [-0.2, 0) is 11.3 Å². The van der Waals surface area contributed by atoms with Crippen LogP contribution in [0.15, 0.2) is 96.8 Å². The number of fused-ring (bicyclic) bond motifs is 1. The van der Waals surface area contributed by atoms with E-state index in [9.17, 15) is 4.79 Å². The maximum atomic E-state index is 13.1. The average molecular weight is 454 g/mol. The first-order chi connectivity index (χ1) is 16.2. The van der Waals surface area contributed by atoms with Crippen LogP contribution in [0.1, 0.15) is 12.0 Å². The molecule has 0 spiro atoms. The highest BCUT2D eigenvalue weighted by Gasteiger charge is 2.32. The summed E-state index contributed by atoms with van der Waals surface area (Å²) in [6.45, 7) is 1.44. The number of aryl methyl sites for hydroxylation is 1. The van der Waals surface area contributed by atoms with E-state index in [0.717, 1.165) is 40.9 Å². The fourth-order valence-corrected chi connectivity index (χ4v) is 4.32. The number of aromatic nitrogens is 1. The number of thiocarbonyl (C=S) groups is 1. The van der Waals surface area contributed by atoms with Crippen LogP contribution in [0.25, 0.3) is 17.0 Å². The highest BCUT2D eigenvalue weighted by molar-refractivity contribution is 7.80. The molecule has 164 valence electrons. The number of amides is 1. The smallest absolute Gasteiger partial charge is 0.281 e. The summed E-state index contributed by atoms with van der Waals surface area (Å²) in [6, 6.07) is 27.5. The Bertz CT molecular complexity index is 1330. The molecule has 5 nitrogen and oxygen atoms in total. The molecule has 1 saturated heterocycles. The van der Waals surface area contributed by atoms with Crippen molar-refractivity contribution in [2.24, 2.45) is 0 Å². The van der Waals surface area contributed by atoms with Crippen molar-refractivity contribution in [1.29, 1.82) is 0 Å². The third-order valence-corrected chi connectivity index (χ3v) is 5.85. The zero-order valence-corrected chi connectivity index (χ0v) is 18.8. The van der Waals surface area contributed by atoms with Crippen LogP contribution < -0.4 is 15.0 Å². The lowest BCUT2D eigenvalue weighted by Crippen LogP contribution is -2.30. The lowest BCUT2D eigenvalue weighted by Gasteiger charge is -2.13. The van der Waals surface area contributed by atoms with E-state index in [-0.39, 0.29) is 5.91 Å². The number of carbonyl (C=O) groups is 1. The lowest BCUT2D eigenvalue weighted by atomic mass is 10.1. The first-order valence-electron chi connectivity index (χ1n) is 10.9. The summed E-state index contributed by atoms with van der Waals surface area (Å²) in [5, 5.41) is 4.56. The second-order valence-electron chi connectivity index (χ2n) is 7.77. The van der Waals surface area contributed by atoms with Gasteiger partial charge in [0.15, 0.2) is 5.11 Å². The maximum Gasteiger partial charge on any atom is 0.281 e. The van der Waals surface area contributed by atoms with Crippen molar-refractivity contribution in [1.82, 2.24) is 9.88 Å². The largest absolute Gasteiger partial charge is 0.494 e. The van der Waals surface area contributed by atoms with Crippen LogP contribution in [0, 0.1) is 0 Å². The number of nitrogens with zero attached hydrogens (tertiary/aromatic N) is 2. The normalized spacial score (nSPS) is 14.8. The van der Waals surface area contributed by atoms with E-state index >= 15 is 0 Å². The molecule has 33 heavy (non-hydrogen) atoms. The Hall–Kier alpha value is -3.90. The Morgan fingerprint density at radius 3 is 2.39 bits per heavy atom. The van der Waals surface area contributed by atoms with Crippen LogP contribution >= 0.6 is 12.2 Å². The lowest BCUT2D eigenvalue weighted by molar-refractivity contribution is -0.113. The number of anilines is 1. The third-order valence-electron chi connectivity index (χ3n) is 5.57. The first-order valence-corrected chi connectivity index (χ1v) is 11.3. The molecule has 3 aromatic carbocycles. The van der Waals surface area contributed by atoms with Gasteiger partial charge in [-0.2, -0.15) is 0 Å². The fraction of sp³-hybridized carbons (Fsp3) is 0.111. The van der Waals surface area contributed by atoms with Crippen LogP contribution in [0.3, 0.4) is 0 Å². The summed E-state index contributed by atoms with van der Waals surface area (Å²) in [5.41, 5.74) is 3.32. The predicted molar refractivity (Wildman–Crippen MR) is 136 cm³/mol. The molecular formula is C27H23N3O2S. The molecule has 1 amide bonds. The number of hydrogen-bond donors (Lipinski definition) is 1. The maximum absolute atomic E-state index is 13.1. The van der Waals surface area contributed by atoms with Crippen molar-refractivity contribution in [3.63, 3.8) is 0 Å².